The summed E-state index contributed by atoms with van der Waals surface area (Å²) in [7, 11) is -3.16. The van der Waals surface area contributed by atoms with Crippen LogP contribution >= 0.6 is 0 Å². The second-order valence-electron chi connectivity index (χ2n) is 4.93. The van der Waals surface area contributed by atoms with Crippen molar-refractivity contribution in [2.45, 2.75) is 32.4 Å². The maximum Gasteiger partial charge on any atom is 0.155 e. The first-order chi connectivity index (χ1) is 9.90. The van der Waals surface area contributed by atoms with Crippen molar-refractivity contribution in [2.24, 2.45) is 0 Å². The zero-order valence-corrected chi connectivity index (χ0v) is 13.5. The van der Waals surface area contributed by atoms with Crippen molar-refractivity contribution in [3.05, 3.63) is 23.8 Å². The summed E-state index contributed by atoms with van der Waals surface area (Å²) < 4.78 is 34.3. The Balaban J connectivity index is 2.74. The van der Waals surface area contributed by atoms with Gasteiger partial charge in [-0.2, -0.15) is 0 Å². The summed E-state index contributed by atoms with van der Waals surface area (Å²) >= 11 is 0. The molecule has 1 rings (SSSR count). The van der Waals surface area contributed by atoms with Crippen LogP contribution in [0.2, 0.25) is 0 Å². The van der Waals surface area contributed by atoms with Crippen LogP contribution < -0.4 is 9.47 Å². The Labute approximate surface area is 126 Å². The Morgan fingerprint density at radius 3 is 2.48 bits per heavy atom. The van der Waals surface area contributed by atoms with Gasteiger partial charge in [-0.15, -0.1) is 0 Å². The zero-order chi connectivity index (χ0) is 15.9. The molecular weight excluding hydrogens is 292 g/mol. The Bertz CT molecular complexity index is 563. The van der Waals surface area contributed by atoms with Crippen molar-refractivity contribution < 1.29 is 22.7 Å². The molecule has 6 heteroatoms. The number of hydrogen-bond donors (Lipinski definition) is 0. The number of hydrogen-bond acceptors (Lipinski definition) is 5. The van der Waals surface area contributed by atoms with Crippen LogP contribution in [0.1, 0.15) is 37.6 Å². The summed E-state index contributed by atoms with van der Waals surface area (Å²) in [5, 5.41) is -0.439. The van der Waals surface area contributed by atoms with Crippen molar-refractivity contribution >= 4 is 16.1 Å². The van der Waals surface area contributed by atoms with Gasteiger partial charge in [0.25, 0.3) is 0 Å². The Morgan fingerprint density at radius 1 is 1.19 bits per heavy atom. The van der Waals surface area contributed by atoms with Gasteiger partial charge in [-0.05, 0) is 32.4 Å². The number of sulfone groups is 1. The van der Waals surface area contributed by atoms with Crippen LogP contribution in [-0.4, -0.2) is 38.9 Å². The molecule has 0 aromatic heterocycles. The van der Waals surface area contributed by atoms with Crippen LogP contribution in [0, 0.1) is 0 Å². The Hall–Kier alpha value is -1.56. The molecule has 0 aliphatic carbocycles. The van der Waals surface area contributed by atoms with E-state index in [1.165, 1.54) is 0 Å². The molecule has 5 nitrogen and oxygen atoms in total. The fourth-order valence-corrected chi connectivity index (χ4v) is 2.34. The predicted molar refractivity (Wildman–Crippen MR) is 82.0 cm³/mol. The first kappa shape index (κ1) is 17.5. The van der Waals surface area contributed by atoms with E-state index in [1.807, 2.05) is 6.92 Å². The molecule has 0 fully saturated rings. The number of rotatable bonds is 9. The maximum absolute atomic E-state index is 11.7. The lowest BCUT2D eigenvalue weighted by Gasteiger charge is -2.12. The van der Waals surface area contributed by atoms with Gasteiger partial charge >= 0.3 is 0 Å². The van der Waals surface area contributed by atoms with Gasteiger partial charge < -0.3 is 9.47 Å². The number of ether oxygens (including phenoxy) is 2. The number of carbonyl (C=O) groups is 1. The molecule has 0 unspecified atom stereocenters. The minimum Gasteiger partial charge on any atom is -0.493 e. The molecule has 118 valence electrons. The van der Waals surface area contributed by atoms with Gasteiger partial charge in [0.1, 0.15) is 18.1 Å². The summed E-state index contributed by atoms with van der Waals surface area (Å²) in [4.78, 5) is 11.0. The lowest BCUT2D eigenvalue weighted by atomic mass is 10.2. The van der Waals surface area contributed by atoms with E-state index in [9.17, 15) is 13.2 Å². The second-order valence-corrected chi connectivity index (χ2v) is 7.61. The fourth-order valence-electron chi connectivity index (χ4n) is 1.55. The van der Waals surface area contributed by atoms with Crippen molar-refractivity contribution in [2.75, 3.05) is 19.0 Å². The molecule has 0 radical (unpaired) electrons. The average molecular weight is 314 g/mol. The molecule has 0 saturated carbocycles. The van der Waals surface area contributed by atoms with E-state index in [2.05, 4.69) is 0 Å². The topological polar surface area (TPSA) is 69.7 Å². The van der Waals surface area contributed by atoms with E-state index in [4.69, 9.17) is 9.47 Å². The first-order valence-corrected chi connectivity index (χ1v) is 8.68. The van der Waals surface area contributed by atoms with E-state index in [0.717, 1.165) is 6.42 Å². The standard InChI is InChI=1S/C15H22O5S/c1-4-7-19-14-6-5-13(11-16)15(10-14)20-8-9-21(17,18)12(2)3/h5-6,10-12H,4,7-9H2,1-3H3. The second kappa shape index (κ2) is 8.02. The third-order valence-electron chi connectivity index (χ3n) is 2.93. The van der Waals surface area contributed by atoms with Crippen LogP contribution in [0.15, 0.2) is 18.2 Å². The minimum atomic E-state index is -3.16. The monoisotopic (exact) mass is 314 g/mol. The van der Waals surface area contributed by atoms with E-state index >= 15 is 0 Å². The minimum absolute atomic E-state index is 0.0125. The molecule has 0 aliphatic heterocycles. The number of aldehydes is 1. The average Bonchev–Trinajstić information content (AvgIpc) is 2.45. The molecule has 0 N–H and O–H groups in total. The zero-order valence-electron chi connectivity index (χ0n) is 12.7. The smallest absolute Gasteiger partial charge is 0.155 e. The molecule has 0 atom stereocenters. The third kappa shape index (κ3) is 5.38. The van der Waals surface area contributed by atoms with E-state index in [0.29, 0.717) is 30.0 Å². The highest BCUT2D eigenvalue weighted by atomic mass is 32.2. The van der Waals surface area contributed by atoms with Gasteiger partial charge in [-0.3, -0.25) is 4.79 Å². The van der Waals surface area contributed by atoms with Gasteiger partial charge in [-0.25, -0.2) is 8.42 Å². The molecular formula is C15H22O5S. The van der Waals surface area contributed by atoms with Gasteiger partial charge in [-0.1, -0.05) is 6.92 Å². The highest BCUT2D eigenvalue weighted by molar-refractivity contribution is 7.91. The summed E-state index contributed by atoms with van der Waals surface area (Å²) in [5.74, 6) is 0.866. The molecule has 0 saturated heterocycles. The predicted octanol–water partition coefficient (Wildman–Crippen LogP) is 2.49. The molecule has 0 spiro atoms. The SMILES string of the molecule is CCCOc1ccc(C=O)c(OCCS(=O)(=O)C(C)C)c1. The van der Waals surface area contributed by atoms with Crippen LogP contribution in [0.4, 0.5) is 0 Å². The van der Waals surface area contributed by atoms with Crippen LogP contribution in [0.5, 0.6) is 11.5 Å². The quantitative estimate of drug-likeness (QED) is 0.655. The summed E-state index contributed by atoms with van der Waals surface area (Å²) in [6.45, 7) is 5.84. The van der Waals surface area contributed by atoms with E-state index in [1.54, 1.807) is 32.0 Å². The Morgan fingerprint density at radius 2 is 1.90 bits per heavy atom. The molecule has 0 heterocycles. The summed E-state index contributed by atoms with van der Waals surface area (Å²) in [5.41, 5.74) is 0.376. The molecule has 1 aromatic rings. The molecule has 0 aliphatic rings. The van der Waals surface area contributed by atoms with Crippen LogP contribution in [0.3, 0.4) is 0 Å². The van der Waals surface area contributed by atoms with E-state index < -0.39 is 15.1 Å². The van der Waals surface area contributed by atoms with Gasteiger partial charge in [0, 0.05) is 6.07 Å². The van der Waals surface area contributed by atoms with Crippen molar-refractivity contribution in [1.29, 1.82) is 0 Å². The largest absolute Gasteiger partial charge is 0.493 e. The van der Waals surface area contributed by atoms with Crippen molar-refractivity contribution in [1.82, 2.24) is 0 Å². The van der Waals surface area contributed by atoms with Gasteiger partial charge in [0.15, 0.2) is 16.1 Å². The number of benzene rings is 1. The van der Waals surface area contributed by atoms with Gasteiger partial charge in [0.2, 0.25) is 0 Å². The highest BCUT2D eigenvalue weighted by Crippen LogP contribution is 2.24. The van der Waals surface area contributed by atoms with Crippen molar-refractivity contribution in [3.63, 3.8) is 0 Å². The Kier molecular flexibility index (Phi) is 6.68. The molecule has 0 amide bonds. The van der Waals surface area contributed by atoms with Gasteiger partial charge in [0.05, 0.1) is 23.2 Å². The lowest BCUT2D eigenvalue weighted by Crippen LogP contribution is -2.22. The van der Waals surface area contributed by atoms with E-state index in [-0.39, 0.29) is 12.4 Å². The normalized spacial score (nSPS) is 11.4. The number of carbonyl (C=O) groups excluding carboxylic acids is 1. The summed E-state index contributed by atoms with van der Waals surface area (Å²) in [6.07, 6.45) is 1.55. The maximum atomic E-state index is 11.7. The fraction of sp³-hybridized carbons (Fsp3) is 0.533. The molecule has 21 heavy (non-hydrogen) atoms. The first-order valence-electron chi connectivity index (χ1n) is 6.97. The third-order valence-corrected chi connectivity index (χ3v) is 5.10. The lowest BCUT2D eigenvalue weighted by molar-refractivity contribution is 0.112. The van der Waals surface area contributed by atoms with Crippen LogP contribution in [-0.2, 0) is 9.84 Å². The van der Waals surface area contributed by atoms with Crippen molar-refractivity contribution in [3.8, 4) is 11.5 Å². The highest BCUT2D eigenvalue weighted by Gasteiger charge is 2.16. The van der Waals surface area contributed by atoms with Crippen LogP contribution in [0.25, 0.3) is 0 Å². The summed E-state index contributed by atoms with van der Waals surface area (Å²) in [6, 6.07) is 4.91. The molecule has 1 aromatic carbocycles. The molecule has 0 bridgehead atoms.